The molecule has 0 aliphatic carbocycles. The normalized spacial score (nSPS) is 20.1. The topological polar surface area (TPSA) is 12.0 Å². The van der Waals surface area contributed by atoms with Crippen LogP contribution in [0.1, 0.15) is 18.9 Å². The van der Waals surface area contributed by atoms with Gasteiger partial charge in [-0.15, -0.1) is 11.8 Å². The summed E-state index contributed by atoms with van der Waals surface area (Å²) in [6.07, 6.45) is 1.19. The van der Waals surface area contributed by atoms with E-state index < -0.39 is 0 Å². The summed E-state index contributed by atoms with van der Waals surface area (Å²) < 4.78 is 1.19. The fourth-order valence-corrected chi connectivity index (χ4v) is 3.72. The first kappa shape index (κ1) is 10.4. The third-order valence-electron chi connectivity index (χ3n) is 2.48. The van der Waals surface area contributed by atoms with Gasteiger partial charge in [0.1, 0.15) is 0 Å². The number of halogens is 1. The largest absolute Gasteiger partial charge is 0.380 e. The summed E-state index contributed by atoms with van der Waals surface area (Å²) in [6.45, 7) is 4.36. The number of fused-ring (bicyclic) bond motifs is 1. The highest BCUT2D eigenvalue weighted by Gasteiger charge is 2.18. The van der Waals surface area contributed by atoms with Crippen molar-refractivity contribution < 1.29 is 0 Å². The average Bonchev–Trinajstić information content (AvgIpc) is 2.17. The zero-order chi connectivity index (χ0) is 10.1. The molecule has 1 unspecified atom stereocenters. The van der Waals surface area contributed by atoms with E-state index in [2.05, 4.69) is 47.2 Å². The Labute approximate surface area is 97.8 Å². The van der Waals surface area contributed by atoms with E-state index in [1.54, 1.807) is 0 Å². The second-order valence-electron chi connectivity index (χ2n) is 3.68. The zero-order valence-corrected chi connectivity index (χ0v) is 10.8. The minimum absolute atomic E-state index is 0.617. The third kappa shape index (κ3) is 1.94. The van der Waals surface area contributed by atoms with Crippen LogP contribution in [0.25, 0.3) is 0 Å². The van der Waals surface area contributed by atoms with E-state index in [0.717, 1.165) is 0 Å². The zero-order valence-electron chi connectivity index (χ0n) is 8.43. The van der Waals surface area contributed by atoms with Crippen LogP contribution >= 0.6 is 27.7 Å². The molecule has 1 aromatic rings. The quantitative estimate of drug-likeness (QED) is 0.827. The molecule has 1 heterocycles. The standard InChI is InChI=1S/C11H14BrNS/c1-3-8-6-14-10-5-7(2)4-9(12)11(10)13-8/h4-5,8,13H,3,6H2,1-2H3. The number of benzene rings is 1. The smallest absolute Gasteiger partial charge is 0.0625 e. The highest BCUT2D eigenvalue weighted by atomic mass is 79.9. The molecule has 0 saturated carbocycles. The Hall–Kier alpha value is -0.150. The lowest BCUT2D eigenvalue weighted by Gasteiger charge is -2.26. The molecular formula is C11H14BrNS. The molecule has 0 fully saturated rings. The summed E-state index contributed by atoms with van der Waals surface area (Å²) >= 11 is 5.57. The number of rotatable bonds is 1. The first-order chi connectivity index (χ1) is 6.70. The lowest BCUT2D eigenvalue weighted by atomic mass is 10.2. The average molecular weight is 272 g/mol. The maximum atomic E-state index is 3.61. The minimum Gasteiger partial charge on any atom is -0.380 e. The van der Waals surface area contributed by atoms with Crippen LogP contribution < -0.4 is 5.32 Å². The summed E-state index contributed by atoms with van der Waals surface area (Å²) in [4.78, 5) is 1.38. The van der Waals surface area contributed by atoms with Crippen molar-refractivity contribution in [2.24, 2.45) is 0 Å². The summed E-state index contributed by atoms with van der Waals surface area (Å²) in [6, 6.07) is 5.04. The van der Waals surface area contributed by atoms with Crippen LogP contribution in [0.15, 0.2) is 21.5 Å². The molecule has 3 heteroatoms. The molecular weight excluding hydrogens is 258 g/mol. The van der Waals surface area contributed by atoms with Crippen LogP contribution in [0.5, 0.6) is 0 Å². The van der Waals surface area contributed by atoms with Crippen LogP contribution in [0, 0.1) is 6.92 Å². The summed E-state index contributed by atoms with van der Waals surface area (Å²) in [5.74, 6) is 1.18. The van der Waals surface area contributed by atoms with Crippen LogP contribution in [0.2, 0.25) is 0 Å². The predicted molar refractivity (Wildman–Crippen MR) is 67.3 cm³/mol. The monoisotopic (exact) mass is 271 g/mol. The van der Waals surface area contributed by atoms with E-state index in [9.17, 15) is 0 Å². The molecule has 0 amide bonds. The number of anilines is 1. The van der Waals surface area contributed by atoms with Gasteiger partial charge in [0.15, 0.2) is 0 Å². The number of hydrogen-bond donors (Lipinski definition) is 1. The molecule has 0 bridgehead atoms. The van der Waals surface area contributed by atoms with Gasteiger partial charge in [0.2, 0.25) is 0 Å². The predicted octanol–water partition coefficient (Wildman–Crippen LogP) is 4.05. The molecule has 0 saturated heterocycles. The van der Waals surface area contributed by atoms with Crippen LogP contribution in [0.4, 0.5) is 5.69 Å². The molecule has 0 aromatic heterocycles. The van der Waals surface area contributed by atoms with Crippen molar-refractivity contribution in [3.8, 4) is 0 Å². The van der Waals surface area contributed by atoms with E-state index in [1.165, 1.54) is 32.8 Å². The summed E-state index contributed by atoms with van der Waals surface area (Å²) in [7, 11) is 0. The Morgan fingerprint density at radius 2 is 2.36 bits per heavy atom. The van der Waals surface area contributed by atoms with Gasteiger partial charge < -0.3 is 5.32 Å². The SMILES string of the molecule is CCC1CSc2cc(C)cc(Br)c2N1. The van der Waals surface area contributed by atoms with E-state index in [0.29, 0.717) is 6.04 Å². The van der Waals surface area contributed by atoms with Crippen molar-refractivity contribution in [2.45, 2.75) is 31.2 Å². The van der Waals surface area contributed by atoms with Crippen LogP contribution in [-0.2, 0) is 0 Å². The molecule has 0 spiro atoms. The van der Waals surface area contributed by atoms with Crippen molar-refractivity contribution >= 4 is 33.4 Å². The van der Waals surface area contributed by atoms with Crippen LogP contribution in [-0.4, -0.2) is 11.8 Å². The molecule has 1 atom stereocenters. The van der Waals surface area contributed by atoms with Gasteiger partial charge in [0, 0.05) is 21.2 Å². The van der Waals surface area contributed by atoms with Gasteiger partial charge in [-0.2, -0.15) is 0 Å². The van der Waals surface area contributed by atoms with Crippen molar-refractivity contribution in [1.29, 1.82) is 0 Å². The lowest BCUT2D eigenvalue weighted by Crippen LogP contribution is -2.25. The van der Waals surface area contributed by atoms with E-state index in [-0.39, 0.29) is 0 Å². The first-order valence-corrected chi connectivity index (χ1v) is 6.68. The molecule has 1 aromatic carbocycles. The molecule has 1 N–H and O–H groups in total. The maximum absolute atomic E-state index is 3.61. The molecule has 1 nitrogen and oxygen atoms in total. The van der Waals surface area contributed by atoms with Gasteiger partial charge in [-0.25, -0.2) is 0 Å². The van der Waals surface area contributed by atoms with E-state index in [1.807, 2.05) is 11.8 Å². The fourth-order valence-electron chi connectivity index (χ4n) is 1.62. The number of hydrogen-bond acceptors (Lipinski definition) is 2. The molecule has 76 valence electrons. The summed E-state index contributed by atoms with van der Waals surface area (Å²) in [5.41, 5.74) is 2.60. The van der Waals surface area contributed by atoms with Gasteiger partial charge in [0.05, 0.1) is 5.69 Å². The maximum Gasteiger partial charge on any atom is 0.0625 e. The second-order valence-corrected chi connectivity index (χ2v) is 5.60. The fraction of sp³-hybridized carbons (Fsp3) is 0.455. The molecule has 2 rings (SSSR count). The molecule has 1 aliphatic heterocycles. The number of aryl methyl sites for hydroxylation is 1. The second kappa shape index (κ2) is 4.15. The Morgan fingerprint density at radius 1 is 1.57 bits per heavy atom. The van der Waals surface area contributed by atoms with Crippen molar-refractivity contribution in [2.75, 3.05) is 11.1 Å². The third-order valence-corrected chi connectivity index (χ3v) is 4.31. The Morgan fingerprint density at radius 3 is 3.07 bits per heavy atom. The van der Waals surface area contributed by atoms with Gasteiger partial charge in [0.25, 0.3) is 0 Å². The van der Waals surface area contributed by atoms with Crippen LogP contribution in [0.3, 0.4) is 0 Å². The van der Waals surface area contributed by atoms with Crippen molar-refractivity contribution in [1.82, 2.24) is 0 Å². The highest BCUT2D eigenvalue weighted by molar-refractivity contribution is 9.10. The van der Waals surface area contributed by atoms with E-state index >= 15 is 0 Å². The van der Waals surface area contributed by atoms with E-state index in [4.69, 9.17) is 0 Å². The Balaban J connectivity index is 2.37. The number of nitrogens with one attached hydrogen (secondary N) is 1. The number of thioether (sulfide) groups is 1. The van der Waals surface area contributed by atoms with Crippen molar-refractivity contribution in [3.63, 3.8) is 0 Å². The molecule has 1 aliphatic rings. The van der Waals surface area contributed by atoms with Gasteiger partial charge in [-0.3, -0.25) is 0 Å². The van der Waals surface area contributed by atoms with Gasteiger partial charge in [-0.1, -0.05) is 6.92 Å². The lowest BCUT2D eigenvalue weighted by molar-refractivity contribution is 0.763. The minimum atomic E-state index is 0.617. The van der Waals surface area contributed by atoms with Gasteiger partial charge in [-0.05, 0) is 47.0 Å². The first-order valence-electron chi connectivity index (χ1n) is 4.90. The van der Waals surface area contributed by atoms with Crippen molar-refractivity contribution in [3.05, 3.63) is 22.2 Å². The van der Waals surface area contributed by atoms with Gasteiger partial charge >= 0.3 is 0 Å². The highest BCUT2D eigenvalue weighted by Crippen LogP contribution is 2.39. The Bertz CT molecular complexity index is 351. The Kier molecular flexibility index (Phi) is 3.07. The molecule has 0 radical (unpaired) electrons. The molecule has 14 heavy (non-hydrogen) atoms. The summed E-state index contributed by atoms with van der Waals surface area (Å²) in [5, 5.41) is 3.57.